The van der Waals surface area contributed by atoms with Crippen LogP contribution in [-0.2, 0) is 9.47 Å². The van der Waals surface area contributed by atoms with Crippen LogP contribution in [0.3, 0.4) is 0 Å². The summed E-state index contributed by atoms with van der Waals surface area (Å²) in [7, 11) is 0. The van der Waals surface area contributed by atoms with Crippen molar-refractivity contribution in [1.82, 2.24) is 20.5 Å². The van der Waals surface area contributed by atoms with Crippen molar-refractivity contribution in [2.24, 2.45) is 5.92 Å². The molecule has 2 N–H and O–H groups in total. The summed E-state index contributed by atoms with van der Waals surface area (Å²) in [6, 6.07) is 5.72. The smallest absolute Gasteiger partial charge is 0.315 e. The van der Waals surface area contributed by atoms with Crippen molar-refractivity contribution >= 4 is 6.03 Å². The number of ether oxygens (including phenoxy) is 2. The van der Waals surface area contributed by atoms with Crippen molar-refractivity contribution in [3.8, 4) is 0 Å². The maximum Gasteiger partial charge on any atom is 0.315 e. The molecule has 0 radical (unpaired) electrons. The Labute approximate surface area is 149 Å². The maximum atomic E-state index is 12.3. The number of aromatic nitrogens is 1. The van der Waals surface area contributed by atoms with E-state index >= 15 is 0 Å². The molecule has 2 aliphatic heterocycles. The summed E-state index contributed by atoms with van der Waals surface area (Å²) in [5.74, 6) is 0.464. The first-order valence-corrected chi connectivity index (χ1v) is 9.09. The van der Waals surface area contributed by atoms with Gasteiger partial charge in [0.25, 0.3) is 0 Å². The Bertz CT molecular complexity index is 530. The third kappa shape index (κ3) is 5.14. The highest BCUT2D eigenvalue weighted by Gasteiger charge is 2.31. The summed E-state index contributed by atoms with van der Waals surface area (Å²) in [5.41, 5.74) is 0.853. The van der Waals surface area contributed by atoms with E-state index in [0.717, 1.165) is 51.6 Å². The molecule has 1 aromatic rings. The van der Waals surface area contributed by atoms with Crippen molar-refractivity contribution in [3.05, 3.63) is 30.1 Å². The molecular formula is C18H28N4O3. The number of rotatable bonds is 6. The fourth-order valence-corrected chi connectivity index (χ4v) is 3.51. The predicted octanol–water partition coefficient (Wildman–Crippen LogP) is 1.18. The molecule has 3 heterocycles. The molecule has 7 heteroatoms. The number of morpholine rings is 1. The van der Waals surface area contributed by atoms with E-state index in [1.165, 1.54) is 0 Å². The van der Waals surface area contributed by atoms with Crippen molar-refractivity contribution in [2.75, 3.05) is 46.1 Å². The third-order valence-corrected chi connectivity index (χ3v) is 4.97. The number of nitrogens with zero attached hydrogens (tertiary/aromatic N) is 2. The van der Waals surface area contributed by atoms with E-state index in [9.17, 15) is 4.79 Å². The van der Waals surface area contributed by atoms with Gasteiger partial charge in [0.05, 0.1) is 31.6 Å². The summed E-state index contributed by atoms with van der Waals surface area (Å²) in [6.45, 7) is 7.48. The van der Waals surface area contributed by atoms with Gasteiger partial charge in [-0.1, -0.05) is 6.07 Å². The zero-order chi connectivity index (χ0) is 17.5. The molecule has 138 valence electrons. The lowest BCUT2D eigenvalue weighted by Gasteiger charge is -2.37. The number of hydrogen-bond acceptors (Lipinski definition) is 5. The first kappa shape index (κ1) is 18.1. The Morgan fingerprint density at radius 1 is 1.32 bits per heavy atom. The summed E-state index contributed by atoms with van der Waals surface area (Å²) >= 11 is 0. The maximum absolute atomic E-state index is 12.3. The van der Waals surface area contributed by atoms with Gasteiger partial charge in [-0.15, -0.1) is 0 Å². The first-order chi connectivity index (χ1) is 12.2. The first-order valence-electron chi connectivity index (χ1n) is 9.09. The lowest BCUT2D eigenvalue weighted by atomic mass is 9.97. The molecule has 0 aliphatic carbocycles. The number of carbonyl (C=O) groups excluding carboxylic acids is 1. The SMILES string of the molecule is C[C@H](NC(=O)NC[C@@H]([C@@H]1CCOC1)N1CCOCC1)c1ccccn1. The van der Waals surface area contributed by atoms with Gasteiger partial charge in [-0.25, -0.2) is 4.79 Å². The van der Waals surface area contributed by atoms with Crippen LogP contribution in [0.5, 0.6) is 0 Å². The van der Waals surface area contributed by atoms with Gasteiger partial charge in [0.2, 0.25) is 0 Å². The van der Waals surface area contributed by atoms with E-state index in [2.05, 4.69) is 20.5 Å². The molecule has 2 aliphatic rings. The molecule has 2 amide bonds. The molecule has 3 rings (SSSR count). The predicted molar refractivity (Wildman–Crippen MR) is 94.3 cm³/mol. The summed E-state index contributed by atoms with van der Waals surface area (Å²) < 4.78 is 11.0. The molecule has 7 nitrogen and oxygen atoms in total. The number of carbonyl (C=O) groups is 1. The quantitative estimate of drug-likeness (QED) is 0.807. The summed E-state index contributed by atoms with van der Waals surface area (Å²) in [4.78, 5) is 19.0. The standard InChI is InChI=1S/C18H28N4O3/c1-14(16-4-2-3-6-19-16)21-18(23)20-12-17(15-5-9-25-13-15)22-7-10-24-11-8-22/h2-4,6,14-15,17H,5,7-13H2,1H3,(H2,20,21,23)/t14-,15+,17-/m0/s1. The number of nitrogens with one attached hydrogen (secondary N) is 2. The monoisotopic (exact) mass is 348 g/mol. The zero-order valence-electron chi connectivity index (χ0n) is 14.8. The minimum atomic E-state index is -0.157. The van der Waals surface area contributed by atoms with Crippen LogP contribution < -0.4 is 10.6 Å². The van der Waals surface area contributed by atoms with Crippen molar-refractivity contribution < 1.29 is 14.3 Å². The lowest BCUT2D eigenvalue weighted by molar-refractivity contribution is 0.00211. The average molecular weight is 348 g/mol. The number of urea groups is 1. The molecule has 2 saturated heterocycles. The number of amides is 2. The Kier molecular flexibility index (Phi) is 6.61. The third-order valence-electron chi connectivity index (χ3n) is 4.97. The van der Waals surface area contributed by atoms with E-state index in [1.807, 2.05) is 25.1 Å². The lowest BCUT2D eigenvalue weighted by Crippen LogP contribution is -2.53. The van der Waals surface area contributed by atoms with E-state index in [-0.39, 0.29) is 12.1 Å². The van der Waals surface area contributed by atoms with Gasteiger partial charge in [0.15, 0.2) is 0 Å². The average Bonchev–Trinajstić information content (AvgIpc) is 3.18. The van der Waals surface area contributed by atoms with E-state index < -0.39 is 0 Å². The van der Waals surface area contributed by atoms with Crippen molar-refractivity contribution in [3.63, 3.8) is 0 Å². The molecule has 0 saturated carbocycles. The van der Waals surface area contributed by atoms with Gasteiger partial charge < -0.3 is 20.1 Å². The molecule has 2 fully saturated rings. The molecule has 1 aromatic heterocycles. The topological polar surface area (TPSA) is 75.7 Å². The van der Waals surface area contributed by atoms with E-state index in [0.29, 0.717) is 18.5 Å². The van der Waals surface area contributed by atoms with Crippen LogP contribution in [0.1, 0.15) is 25.1 Å². The van der Waals surface area contributed by atoms with Gasteiger partial charge in [-0.3, -0.25) is 9.88 Å². The number of hydrogen-bond donors (Lipinski definition) is 2. The molecule has 25 heavy (non-hydrogen) atoms. The fraction of sp³-hybridized carbons (Fsp3) is 0.667. The minimum Gasteiger partial charge on any atom is -0.381 e. The molecule has 0 bridgehead atoms. The Balaban J connectivity index is 1.52. The second-order valence-electron chi connectivity index (χ2n) is 6.67. The van der Waals surface area contributed by atoms with Crippen LogP contribution >= 0.6 is 0 Å². The zero-order valence-corrected chi connectivity index (χ0v) is 14.8. The van der Waals surface area contributed by atoms with Gasteiger partial charge in [-0.2, -0.15) is 0 Å². The Hall–Kier alpha value is -1.70. The van der Waals surface area contributed by atoms with Gasteiger partial charge >= 0.3 is 6.03 Å². The normalized spacial score (nSPS) is 23.8. The Morgan fingerprint density at radius 2 is 2.16 bits per heavy atom. The molecule has 0 spiro atoms. The van der Waals surface area contributed by atoms with Crippen LogP contribution in [0.15, 0.2) is 24.4 Å². The van der Waals surface area contributed by atoms with Gasteiger partial charge in [0, 0.05) is 44.4 Å². The van der Waals surface area contributed by atoms with Gasteiger partial charge in [0.1, 0.15) is 0 Å². The highest BCUT2D eigenvalue weighted by Crippen LogP contribution is 2.21. The number of pyridine rings is 1. The van der Waals surface area contributed by atoms with Crippen LogP contribution in [0.25, 0.3) is 0 Å². The summed E-state index contributed by atoms with van der Waals surface area (Å²) in [5, 5.41) is 6.00. The molecular weight excluding hydrogens is 320 g/mol. The second kappa shape index (κ2) is 9.12. The highest BCUT2D eigenvalue weighted by atomic mass is 16.5. The van der Waals surface area contributed by atoms with E-state index in [4.69, 9.17) is 9.47 Å². The molecule has 0 aromatic carbocycles. The van der Waals surface area contributed by atoms with Crippen molar-refractivity contribution in [2.45, 2.75) is 25.4 Å². The minimum absolute atomic E-state index is 0.127. The molecule has 3 atom stereocenters. The second-order valence-corrected chi connectivity index (χ2v) is 6.67. The molecule has 0 unspecified atom stereocenters. The van der Waals surface area contributed by atoms with Crippen LogP contribution in [0.4, 0.5) is 4.79 Å². The Morgan fingerprint density at radius 3 is 2.84 bits per heavy atom. The largest absolute Gasteiger partial charge is 0.381 e. The van der Waals surface area contributed by atoms with Crippen LogP contribution in [0, 0.1) is 5.92 Å². The van der Waals surface area contributed by atoms with Crippen LogP contribution in [-0.4, -0.2) is 68.0 Å². The summed E-state index contributed by atoms with van der Waals surface area (Å²) in [6.07, 6.45) is 2.79. The van der Waals surface area contributed by atoms with Crippen LogP contribution in [0.2, 0.25) is 0 Å². The highest BCUT2D eigenvalue weighted by molar-refractivity contribution is 5.74. The van der Waals surface area contributed by atoms with Gasteiger partial charge in [-0.05, 0) is 25.5 Å². The van der Waals surface area contributed by atoms with Crippen molar-refractivity contribution in [1.29, 1.82) is 0 Å². The van der Waals surface area contributed by atoms with E-state index in [1.54, 1.807) is 6.20 Å². The fourth-order valence-electron chi connectivity index (χ4n) is 3.51.